The molecule has 2 aromatic heterocycles. The molecule has 0 amide bonds. The topological polar surface area (TPSA) is 93.4 Å². The van der Waals surface area contributed by atoms with Crippen LogP contribution in [0.15, 0.2) is 24.8 Å². The molecule has 2 aromatic rings. The number of nitrogens with zero attached hydrogens (tertiary/aromatic N) is 5. The molecule has 0 aliphatic rings. The third-order valence-electron chi connectivity index (χ3n) is 1.67. The molecule has 6 nitrogen and oxygen atoms in total. The number of aromatic nitrogens is 4. The summed E-state index contributed by atoms with van der Waals surface area (Å²) in [6.45, 7) is 0. The SMILES string of the molecule is N#Cc1ncn(-c2ccncc2N)n1. The van der Waals surface area contributed by atoms with Crippen LogP contribution in [0.5, 0.6) is 0 Å². The average Bonchev–Trinajstić information content (AvgIpc) is 2.67. The van der Waals surface area contributed by atoms with Gasteiger partial charge in [-0.15, -0.1) is 5.10 Å². The number of nitrogens with two attached hydrogens (primary N) is 1. The normalized spacial score (nSPS) is 9.64. The van der Waals surface area contributed by atoms with E-state index in [1.807, 2.05) is 6.07 Å². The van der Waals surface area contributed by atoms with Gasteiger partial charge in [0.2, 0.25) is 0 Å². The fourth-order valence-electron chi connectivity index (χ4n) is 1.04. The molecule has 0 spiro atoms. The molecule has 2 N–H and O–H groups in total. The Kier molecular flexibility index (Phi) is 1.84. The van der Waals surface area contributed by atoms with E-state index in [1.165, 1.54) is 17.2 Å². The summed E-state index contributed by atoms with van der Waals surface area (Å²) < 4.78 is 1.44. The zero-order valence-corrected chi connectivity index (χ0v) is 7.12. The molecule has 14 heavy (non-hydrogen) atoms. The van der Waals surface area contributed by atoms with Crippen LogP contribution in [0, 0.1) is 11.3 Å². The highest BCUT2D eigenvalue weighted by atomic mass is 15.3. The van der Waals surface area contributed by atoms with Crippen LogP contribution in [0.25, 0.3) is 5.69 Å². The molecule has 0 saturated carbocycles. The summed E-state index contributed by atoms with van der Waals surface area (Å²) in [6, 6.07) is 3.54. The number of anilines is 1. The summed E-state index contributed by atoms with van der Waals surface area (Å²) in [5.41, 5.74) is 6.82. The minimum Gasteiger partial charge on any atom is -0.396 e. The zero-order valence-electron chi connectivity index (χ0n) is 7.12. The van der Waals surface area contributed by atoms with Gasteiger partial charge < -0.3 is 5.73 Å². The molecule has 0 bridgehead atoms. The van der Waals surface area contributed by atoms with Crippen molar-refractivity contribution < 1.29 is 0 Å². The van der Waals surface area contributed by atoms with Gasteiger partial charge in [0.15, 0.2) is 0 Å². The van der Waals surface area contributed by atoms with Crippen molar-refractivity contribution in [1.29, 1.82) is 5.26 Å². The molecule has 0 aliphatic carbocycles. The molecular formula is C8H6N6. The van der Waals surface area contributed by atoms with Gasteiger partial charge in [0.05, 0.1) is 17.6 Å². The lowest BCUT2D eigenvalue weighted by Crippen LogP contribution is -2.00. The van der Waals surface area contributed by atoms with E-state index in [4.69, 9.17) is 11.0 Å². The maximum atomic E-state index is 8.54. The van der Waals surface area contributed by atoms with E-state index in [0.717, 1.165) is 0 Å². The van der Waals surface area contributed by atoms with E-state index in [9.17, 15) is 0 Å². The Morgan fingerprint density at radius 2 is 2.36 bits per heavy atom. The van der Waals surface area contributed by atoms with E-state index in [0.29, 0.717) is 11.4 Å². The Morgan fingerprint density at radius 3 is 3.00 bits per heavy atom. The van der Waals surface area contributed by atoms with Gasteiger partial charge in [0, 0.05) is 6.20 Å². The molecule has 68 valence electrons. The van der Waals surface area contributed by atoms with Crippen LogP contribution in [-0.4, -0.2) is 19.7 Å². The highest BCUT2D eigenvalue weighted by Gasteiger charge is 2.04. The second-order valence-corrected chi connectivity index (χ2v) is 2.56. The highest BCUT2D eigenvalue weighted by Crippen LogP contribution is 2.12. The van der Waals surface area contributed by atoms with Gasteiger partial charge in [0.1, 0.15) is 12.4 Å². The van der Waals surface area contributed by atoms with Gasteiger partial charge >= 0.3 is 0 Å². The number of hydrogen-bond donors (Lipinski definition) is 1. The van der Waals surface area contributed by atoms with Crippen molar-refractivity contribution in [2.24, 2.45) is 0 Å². The Morgan fingerprint density at radius 1 is 1.50 bits per heavy atom. The Bertz CT molecular complexity index is 495. The van der Waals surface area contributed by atoms with Gasteiger partial charge in [-0.25, -0.2) is 9.67 Å². The molecule has 0 radical (unpaired) electrons. The fourth-order valence-corrected chi connectivity index (χ4v) is 1.04. The molecule has 2 heterocycles. The molecule has 6 heteroatoms. The van der Waals surface area contributed by atoms with Crippen LogP contribution < -0.4 is 5.73 Å². The fraction of sp³-hybridized carbons (Fsp3) is 0. The first-order chi connectivity index (χ1) is 6.81. The van der Waals surface area contributed by atoms with Gasteiger partial charge in [-0.2, -0.15) is 5.26 Å². The number of pyridine rings is 1. The number of rotatable bonds is 1. The summed E-state index contributed by atoms with van der Waals surface area (Å²) in [6.07, 6.45) is 4.55. The number of nitriles is 1. The Hall–Kier alpha value is -2.42. The summed E-state index contributed by atoms with van der Waals surface area (Å²) in [7, 11) is 0. The Labute approximate surface area is 79.6 Å². The predicted molar refractivity (Wildman–Crippen MR) is 48.3 cm³/mol. The third kappa shape index (κ3) is 1.27. The highest BCUT2D eigenvalue weighted by molar-refractivity contribution is 5.54. The van der Waals surface area contributed by atoms with E-state index in [-0.39, 0.29) is 5.82 Å². The van der Waals surface area contributed by atoms with Crippen molar-refractivity contribution in [2.75, 3.05) is 5.73 Å². The lowest BCUT2D eigenvalue weighted by molar-refractivity contribution is 0.872. The summed E-state index contributed by atoms with van der Waals surface area (Å²) in [5.74, 6) is 0.112. The quantitative estimate of drug-likeness (QED) is 0.682. The van der Waals surface area contributed by atoms with Gasteiger partial charge in [-0.05, 0) is 6.07 Å². The summed E-state index contributed by atoms with van der Waals surface area (Å²) in [5, 5.41) is 12.4. The van der Waals surface area contributed by atoms with Crippen LogP contribution in [0.2, 0.25) is 0 Å². The third-order valence-corrected chi connectivity index (χ3v) is 1.67. The first-order valence-electron chi connectivity index (χ1n) is 3.83. The zero-order chi connectivity index (χ0) is 9.97. The number of nitrogen functional groups attached to an aromatic ring is 1. The standard InChI is InChI=1S/C8H6N6/c9-3-8-12-5-14(13-8)7-1-2-11-4-6(7)10/h1-2,4-5H,10H2. The average molecular weight is 186 g/mol. The summed E-state index contributed by atoms with van der Waals surface area (Å²) >= 11 is 0. The maximum Gasteiger partial charge on any atom is 0.252 e. The Balaban J connectivity index is 2.51. The summed E-state index contributed by atoms with van der Waals surface area (Å²) in [4.78, 5) is 7.61. The van der Waals surface area contributed by atoms with Crippen molar-refractivity contribution in [3.8, 4) is 11.8 Å². The van der Waals surface area contributed by atoms with Crippen molar-refractivity contribution >= 4 is 5.69 Å². The smallest absolute Gasteiger partial charge is 0.252 e. The molecule has 2 rings (SSSR count). The minimum atomic E-state index is 0.112. The maximum absolute atomic E-state index is 8.54. The minimum absolute atomic E-state index is 0.112. The van der Waals surface area contributed by atoms with Crippen molar-refractivity contribution in [1.82, 2.24) is 19.7 Å². The predicted octanol–water partition coefficient (Wildman–Crippen LogP) is 0.116. The second kappa shape index (κ2) is 3.14. The van der Waals surface area contributed by atoms with E-state index < -0.39 is 0 Å². The van der Waals surface area contributed by atoms with Crippen LogP contribution in [0.3, 0.4) is 0 Å². The first kappa shape index (κ1) is 8.19. The molecule has 0 aromatic carbocycles. The van der Waals surface area contributed by atoms with Crippen LogP contribution >= 0.6 is 0 Å². The van der Waals surface area contributed by atoms with Crippen molar-refractivity contribution in [3.63, 3.8) is 0 Å². The molecular weight excluding hydrogens is 180 g/mol. The molecule has 0 fully saturated rings. The molecule has 0 saturated heterocycles. The van der Waals surface area contributed by atoms with Crippen LogP contribution in [0.1, 0.15) is 5.82 Å². The van der Waals surface area contributed by atoms with Gasteiger partial charge in [0.25, 0.3) is 5.82 Å². The van der Waals surface area contributed by atoms with E-state index >= 15 is 0 Å². The van der Waals surface area contributed by atoms with Crippen LogP contribution in [-0.2, 0) is 0 Å². The van der Waals surface area contributed by atoms with E-state index in [2.05, 4.69) is 15.1 Å². The molecule has 0 atom stereocenters. The van der Waals surface area contributed by atoms with Crippen molar-refractivity contribution in [2.45, 2.75) is 0 Å². The van der Waals surface area contributed by atoms with Crippen molar-refractivity contribution in [3.05, 3.63) is 30.6 Å². The van der Waals surface area contributed by atoms with Gasteiger partial charge in [-0.1, -0.05) is 0 Å². The number of hydrogen-bond acceptors (Lipinski definition) is 5. The first-order valence-corrected chi connectivity index (χ1v) is 3.83. The monoisotopic (exact) mass is 186 g/mol. The second-order valence-electron chi connectivity index (χ2n) is 2.56. The lowest BCUT2D eigenvalue weighted by atomic mass is 10.3. The lowest BCUT2D eigenvalue weighted by Gasteiger charge is -2.01. The van der Waals surface area contributed by atoms with Crippen LogP contribution in [0.4, 0.5) is 5.69 Å². The van der Waals surface area contributed by atoms with E-state index in [1.54, 1.807) is 12.3 Å². The largest absolute Gasteiger partial charge is 0.396 e. The molecule has 0 unspecified atom stereocenters. The van der Waals surface area contributed by atoms with Gasteiger partial charge in [-0.3, -0.25) is 4.98 Å². The molecule has 0 aliphatic heterocycles.